The van der Waals surface area contributed by atoms with E-state index in [0.29, 0.717) is 19.7 Å². The zero-order valence-corrected chi connectivity index (χ0v) is 9.96. The van der Waals surface area contributed by atoms with Gasteiger partial charge in [0, 0.05) is 32.2 Å². The third-order valence-corrected chi connectivity index (χ3v) is 3.06. The Morgan fingerprint density at radius 3 is 2.88 bits per heavy atom. The van der Waals surface area contributed by atoms with Crippen LogP contribution in [0, 0.1) is 5.92 Å². The number of aliphatic hydroxyl groups excluding tert-OH is 1. The summed E-state index contributed by atoms with van der Waals surface area (Å²) in [6.07, 6.45) is 1.18. The molecule has 0 bridgehead atoms. The molecule has 2 heterocycles. The lowest BCUT2D eigenvalue weighted by Gasteiger charge is -2.16. The van der Waals surface area contributed by atoms with E-state index in [2.05, 4.69) is 10.6 Å². The van der Waals surface area contributed by atoms with Gasteiger partial charge in [0.2, 0.25) is 5.91 Å². The number of carbonyl (C=O) groups is 1. The molecule has 0 aromatic carbocycles. The third kappa shape index (κ3) is 3.31. The lowest BCUT2D eigenvalue weighted by Crippen LogP contribution is -2.39. The van der Waals surface area contributed by atoms with Crippen molar-refractivity contribution in [1.29, 1.82) is 0 Å². The van der Waals surface area contributed by atoms with Crippen LogP contribution in [-0.2, 0) is 9.53 Å². The van der Waals surface area contributed by atoms with E-state index in [1.165, 1.54) is 0 Å². The van der Waals surface area contributed by atoms with Crippen molar-refractivity contribution in [2.24, 2.45) is 5.92 Å². The Bertz CT molecular complexity index is 234. The fourth-order valence-corrected chi connectivity index (χ4v) is 2.06. The second kappa shape index (κ2) is 6.39. The first kappa shape index (κ1) is 13.7. The SMILES string of the molecule is Cl.O=C(NCC1CNCC1O)C1CCCO1. The van der Waals surface area contributed by atoms with E-state index in [-0.39, 0.29) is 36.4 Å². The van der Waals surface area contributed by atoms with Gasteiger partial charge in [-0.2, -0.15) is 0 Å². The van der Waals surface area contributed by atoms with Crippen LogP contribution in [-0.4, -0.2) is 49.5 Å². The second-order valence-electron chi connectivity index (χ2n) is 4.23. The summed E-state index contributed by atoms with van der Waals surface area (Å²) in [6.45, 7) is 2.62. The van der Waals surface area contributed by atoms with Gasteiger partial charge in [-0.3, -0.25) is 4.79 Å². The average Bonchev–Trinajstić information content (AvgIpc) is 2.85. The zero-order valence-electron chi connectivity index (χ0n) is 9.15. The monoisotopic (exact) mass is 250 g/mol. The standard InChI is InChI=1S/C10H18N2O3.ClH/c13-8-6-11-4-7(8)5-12-10(14)9-2-1-3-15-9;/h7-9,11,13H,1-6H2,(H,12,14);1H. The molecule has 2 fully saturated rings. The van der Waals surface area contributed by atoms with Crippen LogP contribution < -0.4 is 10.6 Å². The van der Waals surface area contributed by atoms with E-state index < -0.39 is 0 Å². The van der Waals surface area contributed by atoms with Crippen LogP contribution in [0.2, 0.25) is 0 Å². The Morgan fingerprint density at radius 2 is 2.31 bits per heavy atom. The predicted octanol–water partition coefficient (Wildman–Crippen LogP) is -0.716. The molecule has 0 aromatic rings. The Hall–Kier alpha value is -0.360. The Labute approximate surface area is 101 Å². The number of rotatable bonds is 3. The highest BCUT2D eigenvalue weighted by Crippen LogP contribution is 2.12. The lowest BCUT2D eigenvalue weighted by molar-refractivity contribution is -0.130. The van der Waals surface area contributed by atoms with Crippen molar-refractivity contribution in [2.45, 2.75) is 25.0 Å². The highest BCUT2D eigenvalue weighted by Gasteiger charge is 2.28. The van der Waals surface area contributed by atoms with Crippen LogP contribution in [0.5, 0.6) is 0 Å². The quantitative estimate of drug-likeness (QED) is 0.619. The van der Waals surface area contributed by atoms with Gasteiger partial charge in [-0.25, -0.2) is 0 Å². The number of hydrogen-bond acceptors (Lipinski definition) is 4. The van der Waals surface area contributed by atoms with Gasteiger partial charge in [0.05, 0.1) is 6.10 Å². The number of amides is 1. The van der Waals surface area contributed by atoms with Crippen LogP contribution in [0.25, 0.3) is 0 Å². The van der Waals surface area contributed by atoms with Gasteiger partial charge in [-0.1, -0.05) is 0 Å². The molecule has 0 spiro atoms. The van der Waals surface area contributed by atoms with Crippen molar-refractivity contribution in [1.82, 2.24) is 10.6 Å². The number of nitrogens with one attached hydrogen (secondary N) is 2. The van der Waals surface area contributed by atoms with Gasteiger partial charge in [-0.15, -0.1) is 12.4 Å². The molecule has 2 aliphatic rings. The third-order valence-electron chi connectivity index (χ3n) is 3.06. The maximum Gasteiger partial charge on any atom is 0.249 e. The van der Waals surface area contributed by atoms with E-state index in [4.69, 9.17) is 4.74 Å². The minimum Gasteiger partial charge on any atom is -0.391 e. The molecule has 0 radical (unpaired) electrons. The maximum absolute atomic E-state index is 11.6. The molecule has 0 saturated carbocycles. The molecule has 2 rings (SSSR count). The molecule has 94 valence electrons. The van der Waals surface area contributed by atoms with Gasteiger partial charge in [0.15, 0.2) is 0 Å². The topological polar surface area (TPSA) is 70.6 Å². The predicted molar refractivity (Wildman–Crippen MR) is 61.6 cm³/mol. The van der Waals surface area contributed by atoms with Crippen LogP contribution in [0.15, 0.2) is 0 Å². The van der Waals surface area contributed by atoms with Crippen molar-refractivity contribution in [2.75, 3.05) is 26.2 Å². The first-order chi connectivity index (χ1) is 7.27. The Morgan fingerprint density at radius 1 is 1.50 bits per heavy atom. The average molecular weight is 251 g/mol. The van der Waals surface area contributed by atoms with Crippen molar-refractivity contribution < 1.29 is 14.6 Å². The first-order valence-electron chi connectivity index (χ1n) is 5.55. The molecule has 3 N–H and O–H groups in total. The van der Waals surface area contributed by atoms with E-state index in [1.807, 2.05) is 0 Å². The number of hydrogen-bond donors (Lipinski definition) is 3. The summed E-state index contributed by atoms with van der Waals surface area (Å²) in [4.78, 5) is 11.6. The Kier molecular flexibility index (Phi) is 5.48. The van der Waals surface area contributed by atoms with Crippen molar-refractivity contribution in [3.8, 4) is 0 Å². The van der Waals surface area contributed by atoms with Crippen LogP contribution in [0.4, 0.5) is 0 Å². The number of ether oxygens (including phenoxy) is 1. The number of β-amino-alcohol motifs (C(OH)–C–C–N with tert-alkyl or cyclic N) is 1. The molecule has 1 amide bonds. The molecular formula is C10H19ClN2O3. The van der Waals surface area contributed by atoms with Crippen LogP contribution in [0.1, 0.15) is 12.8 Å². The molecule has 16 heavy (non-hydrogen) atoms. The summed E-state index contributed by atoms with van der Waals surface area (Å²) >= 11 is 0. The highest BCUT2D eigenvalue weighted by molar-refractivity contribution is 5.85. The normalized spacial score (nSPS) is 33.4. The molecule has 5 nitrogen and oxygen atoms in total. The first-order valence-corrected chi connectivity index (χ1v) is 5.55. The molecule has 2 saturated heterocycles. The smallest absolute Gasteiger partial charge is 0.249 e. The number of aliphatic hydroxyl groups is 1. The minimum absolute atomic E-state index is 0. The fraction of sp³-hybridized carbons (Fsp3) is 0.900. The zero-order chi connectivity index (χ0) is 10.7. The molecule has 2 aliphatic heterocycles. The number of halogens is 1. The maximum atomic E-state index is 11.6. The molecule has 6 heteroatoms. The second-order valence-corrected chi connectivity index (χ2v) is 4.23. The molecule has 0 aromatic heterocycles. The van der Waals surface area contributed by atoms with E-state index >= 15 is 0 Å². The Balaban J connectivity index is 0.00000128. The minimum atomic E-state index is -0.338. The summed E-state index contributed by atoms with van der Waals surface area (Å²) in [5, 5.41) is 15.4. The summed E-state index contributed by atoms with van der Waals surface area (Å²) in [5.74, 6) is 0.0990. The molecule has 3 atom stereocenters. The molecular weight excluding hydrogens is 232 g/mol. The van der Waals surface area contributed by atoms with Gasteiger partial charge < -0.3 is 20.5 Å². The molecule has 3 unspecified atom stereocenters. The summed E-state index contributed by atoms with van der Waals surface area (Å²) in [7, 11) is 0. The summed E-state index contributed by atoms with van der Waals surface area (Å²) in [5.41, 5.74) is 0. The highest BCUT2D eigenvalue weighted by atomic mass is 35.5. The van der Waals surface area contributed by atoms with E-state index in [0.717, 1.165) is 19.4 Å². The van der Waals surface area contributed by atoms with E-state index in [9.17, 15) is 9.90 Å². The van der Waals surface area contributed by atoms with Gasteiger partial charge in [0.1, 0.15) is 6.10 Å². The largest absolute Gasteiger partial charge is 0.391 e. The van der Waals surface area contributed by atoms with Crippen molar-refractivity contribution in [3.63, 3.8) is 0 Å². The van der Waals surface area contributed by atoms with Gasteiger partial charge in [-0.05, 0) is 12.8 Å². The lowest BCUT2D eigenvalue weighted by atomic mass is 10.1. The number of carbonyl (C=O) groups excluding carboxylic acids is 1. The van der Waals surface area contributed by atoms with E-state index in [1.54, 1.807) is 0 Å². The van der Waals surface area contributed by atoms with Gasteiger partial charge >= 0.3 is 0 Å². The van der Waals surface area contributed by atoms with Crippen LogP contribution >= 0.6 is 12.4 Å². The van der Waals surface area contributed by atoms with Crippen molar-refractivity contribution >= 4 is 18.3 Å². The van der Waals surface area contributed by atoms with Gasteiger partial charge in [0.25, 0.3) is 0 Å². The fourth-order valence-electron chi connectivity index (χ4n) is 2.06. The van der Waals surface area contributed by atoms with Crippen LogP contribution in [0.3, 0.4) is 0 Å². The summed E-state index contributed by atoms with van der Waals surface area (Å²) in [6, 6.07) is 0. The van der Waals surface area contributed by atoms with Crippen molar-refractivity contribution in [3.05, 3.63) is 0 Å². The summed E-state index contributed by atoms with van der Waals surface area (Å²) < 4.78 is 5.27. The molecule has 0 aliphatic carbocycles.